The maximum Gasteiger partial charge on any atom is 0.352 e. The molecule has 1 aromatic rings. The van der Waals surface area contributed by atoms with Crippen LogP contribution in [0.1, 0.15) is 41.5 Å². The highest BCUT2D eigenvalue weighted by atomic mass is 32.2. The van der Waals surface area contributed by atoms with Crippen molar-refractivity contribution in [3.05, 3.63) is 17.0 Å². The number of carboxylic acids is 1. The van der Waals surface area contributed by atoms with E-state index in [-0.39, 0.29) is 28.4 Å². The van der Waals surface area contributed by atoms with Crippen LogP contribution in [0.5, 0.6) is 0 Å². The van der Waals surface area contributed by atoms with Crippen molar-refractivity contribution in [3.8, 4) is 0 Å². The predicted octanol–water partition coefficient (Wildman–Crippen LogP) is 0.769. The molecule has 0 radical (unpaired) electrons. The van der Waals surface area contributed by atoms with Crippen LogP contribution in [0.3, 0.4) is 0 Å². The van der Waals surface area contributed by atoms with Crippen LogP contribution in [0, 0.1) is 13.8 Å². The average Bonchev–Trinajstić information content (AvgIpc) is 2.63. The van der Waals surface area contributed by atoms with Gasteiger partial charge in [0.2, 0.25) is 10.0 Å². The number of aliphatic hydroxyl groups is 1. The Bertz CT molecular complexity index is 591. The second kappa shape index (κ2) is 6.38. The van der Waals surface area contributed by atoms with Gasteiger partial charge in [-0.1, -0.05) is 13.3 Å². The van der Waals surface area contributed by atoms with Crippen LogP contribution in [0.4, 0.5) is 0 Å². The highest BCUT2D eigenvalue weighted by molar-refractivity contribution is 7.89. The molecule has 0 saturated heterocycles. The largest absolute Gasteiger partial charge is 0.477 e. The molecule has 1 atom stereocenters. The maximum atomic E-state index is 12.2. The summed E-state index contributed by atoms with van der Waals surface area (Å²) in [5.41, 5.74) is 0.279. The van der Waals surface area contributed by atoms with Crippen LogP contribution in [0.25, 0.3) is 0 Å². The number of nitrogens with one attached hydrogen (secondary N) is 2. The zero-order valence-electron chi connectivity index (χ0n) is 11.7. The molecule has 114 valence electrons. The summed E-state index contributed by atoms with van der Waals surface area (Å²) in [4.78, 5) is 13.5. The quantitative estimate of drug-likeness (QED) is 0.593. The minimum atomic E-state index is -3.85. The molecule has 0 bridgehead atoms. The molecule has 0 aromatic carbocycles. The van der Waals surface area contributed by atoms with Gasteiger partial charge < -0.3 is 15.2 Å². The highest BCUT2D eigenvalue weighted by Gasteiger charge is 2.26. The molecule has 4 N–H and O–H groups in total. The van der Waals surface area contributed by atoms with Crippen molar-refractivity contribution in [3.63, 3.8) is 0 Å². The number of aromatic amines is 1. The molecule has 1 aromatic heterocycles. The fraction of sp³-hybridized carbons (Fsp3) is 0.583. The molecule has 0 aliphatic rings. The van der Waals surface area contributed by atoms with Gasteiger partial charge in [0.1, 0.15) is 10.6 Å². The van der Waals surface area contributed by atoms with E-state index in [1.54, 1.807) is 0 Å². The normalized spacial score (nSPS) is 13.4. The van der Waals surface area contributed by atoms with Gasteiger partial charge >= 0.3 is 5.97 Å². The summed E-state index contributed by atoms with van der Waals surface area (Å²) in [6.07, 6.45) is 0.482. The van der Waals surface area contributed by atoms with E-state index in [9.17, 15) is 18.3 Å². The number of aryl methyl sites for hydroxylation is 1. The van der Waals surface area contributed by atoms with Gasteiger partial charge in [-0.15, -0.1) is 0 Å². The Labute approximate surface area is 118 Å². The lowest BCUT2D eigenvalue weighted by molar-refractivity contribution is 0.0690. The number of carbonyl (C=O) groups is 1. The number of aromatic nitrogens is 1. The SMILES string of the molecule is CCCC(O)CNS(=O)(=O)c1c(C)[nH]c(C(=O)O)c1C. The standard InChI is InChI=1S/C12H20N2O5S/c1-4-5-9(15)6-13-20(18,19)11-7(2)10(12(16)17)14-8(11)3/h9,13-15H,4-6H2,1-3H3,(H,16,17). The first kappa shape index (κ1) is 16.7. The van der Waals surface area contributed by atoms with Gasteiger partial charge in [-0.3, -0.25) is 0 Å². The molecule has 7 nitrogen and oxygen atoms in total. The summed E-state index contributed by atoms with van der Waals surface area (Å²) in [5.74, 6) is -1.21. The first-order chi connectivity index (χ1) is 9.20. The molecule has 8 heteroatoms. The molecular formula is C12H20N2O5S. The van der Waals surface area contributed by atoms with Crippen molar-refractivity contribution in [1.82, 2.24) is 9.71 Å². The molecule has 20 heavy (non-hydrogen) atoms. The van der Waals surface area contributed by atoms with Crippen molar-refractivity contribution >= 4 is 16.0 Å². The Hall–Kier alpha value is -1.38. The Morgan fingerprint density at radius 3 is 2.45 bits per heavy atom. The van der Waals surface area contributed by atoms with Crippen LogP contribution < -0.4 is 4.72 Å². The predicted molar refractivity (Wildman–Crippen MR) is 73.3 cm³/mol. The van der Waals surface area contributed by atoms with Crippen LogP contribution in [-0.4, -0.2) is 42.2 Å². The van der Waals surface area contributed by atoms with Crippen LogP contribution in [-0.2, 0) is 10.0 Å². The molecule has 1 heterocycles. The summed E-state index contributed by atoms with van der Waals surface area (Å²) >= 11 is 0. The fourth-order valence-electron chi connectivity index (χ4n) is 2.06. The van der Waals surface area contributed by atoms with Crippen molar-refractivity contribution < 1.29 is 23.4 Å². The molecule has 1 rings (SSSR count). The molecule has 0 saturated carbocycles. The lowest BCUT2D eigenvalue weighted by atomic mass is 10.2. The van der Waals surface area contributed by atoms with Gasteiger partial charge in [0.05, 0.1) is 6.10 Å². The van der Waals surface area contributed by atoms with E-state index >= 15 is 0 Å². The third-order valence-electron chi connectivity index (χ3n) is 2.98. The van der Waals surface area contributed by atoms with Crippen LogP contribution in [0.2, 0.25) is 0 Å². The van der Waals surface area contributed by atoms with Gasteiger partial charge in [0.25, 0.3) is 0 Å². The van der Waals surface area contributed by atoms with Gasteiger partial charge in [-0.2, -0.15) is 0 Å². The molecule has 0 amide bonds. The number of rotatable bonds is 7. The number of carboxylic acid groups (broad SMARTS) is 1. The number of aromatic carboxylic acids is 1. The Balaban J connectivity index is 3.02. The Morgan fingerprint density at radius 2 is 2.00 bits per heavy atom. The number of H-pyrrole nitrogens is 1. The van der Waals surface area contributed by atoms with Crippen LogP contribution >= 0.6 is 0 Å². The monoisotopic (exact) mass is 304 g/mol. The van der Waals surface area contributed by atoms with Gasteiger partial charge in [-0.25, -0.2) is 17.9 Å². The smallest absolute Gasteiger partial charge is 0.352 e. The molecule has 0 fully saturated rings. The third kappa shape index (κ3) is 3.59. The lowest BCUT2D eigenvalue weighted by Crippen LogP contribution is -2.32. The topological polar surface area (TPSA) is 119 Å². The zero-order chi connectivity index (χ0) is 15.5. The average molecular weight is 304 g/mol. The molecule has 0 spiro atoms. The zero-order valence-corrected chi connectivity index (χ0v) is 12.5. The van der Waals surface area contributed by atoms with E-state index in [0.717, 1.165) is 6.42 Å². The number of hydrogen-bond donors (Lipinski definition) is 4. The summed E-state index contributed by atoms with van der Waals surface area (Å²) in [5, 5.41) is 18.5. The molecule has 1 unspecified atom stereocenters. The summed E-state index contributed by atoms with van der Waals surface area (Å²) < 4.78 is 26.7. The number of hydrogen-bond acceptors (Lipinski definition) is 4. The molecular weight excluding hydrogens is 284 g/mol. The van der Waals surface area contributed by atoms with E-state index < -0.39 is 22.1 Å². The van der Waals surface area contributed by atoms with E-state index in [0.29, 0.717) is 6.42 Å². The van der Waals surface area contributed by atoms with E-state index in [2.05, 4.69) is 9.71 Å². The minimum Gasteiger partial charge on any atom is -0.477 e. The number of sulfonamides is 1. The molecule has 0 aliphatic carbocycles. The fourth-order valence-corrected chi connectivity index (χ4v) is 3.58. The van der Waals surface area contributed by atoms with E-state index in [4.69, 9.17) is 5.11 Å². The lowest BCUT2D eigenvalue weighted by Gasteiger charge is -2.11. The number of aliphatic hydroxyl groups excluding tert-OH is 1. The van der Waals surface area contributed by atoms with Gasteiger partial charge in [0.15, 0.2) is 0 Å². The second-order valence-electron chi connectivity index (χ2n) is 4.68. The van der Waals surface area contributed by atoms with Gasteiger partial charge in [0, 0.05) is 17.8 Å². The van der Waals surface area contributed by atoms with E-state index in [1.807, 2.05) is 6.92 Å². The Morgan fingerprint density at radius 1 is 1.40 bits per heavy atom. The van der Waals surface area contributed by atoms with Crippen molar-refractivity contribution in [1.29, 1.82) is 0 Å². The first-order valence-corrected chi connectivity index (χ1v) is 7.79. The highest BCUT2D eigenvalue weighted by Crippen LogP contribution is 2.23. The third-order valence-corrected chi connectivity index (χ3v) is 4.68. The second-order valence-corrected chi connectivity index (χ2v) is 6.38. The van der Waals surface area contributed by atoms with Crippen LogP contribution in [0.15, 0.2) is 4.90 Å². The summed E-state index contributed by atoms with van der Waals surface area (Å²) in [6, 6.07) is 0. The Kier molecular flexibility index (Phi) is 5.32. The summed E-state index contributed by atoms with van der Waals surface area (Å²) in [7, 11) is -3.85. The minimum absolute atomic E-state index is 0.0707. The maximum absolute atomic E-state index is 12.2. The van der Waals surface area contributed by atoms with Crippen molar-refractivity contribution in [2.24, 2.45) is 0 Å². The molecule has 0 aliphatic heterocycles. The van der Waals surface area contributed by atoms with Gasteiger partial charge in [-0.05, 0) is 20.3 Å². The first-order valence-electron chi connectivity index (χ1n) is 6.30. The van der Waals surface area contributed by atoms with E-state index in [1.165, 1.54) is 13.8 Å². The van der Waals surface area contributed by atoms with Crippen molar-refractivity contribution in [2.75, 3.05) is 6.54 Å². The summed E-state index contributed by atoms with van der Waals surface area (Å²) in [6.45, 7) is 4.72. The van der Waals surface area contributed by atoms with Crippen molar-refractivity contribution in [2.45, 2.75) is 44.6 Å².